The number of aromatic amines is 2. The minimum atomic E-state index is -1.35. The van der Waals surface area contributed by atoms with Gasteiger partial charge >= 0.3 is 5.97 Å². The standard InChI is InChI=1S/C77H91N11O15/c1-100-68-25-21-45(36-64(89)57(81)40-49-42-83-58-16-6-4-14-51(49)58)32-53(68)74(96)85-60(18-8-11-29-78)65(90)37-46-22-26-69(101-2)54(33-46)75(97)86-61(19-9-12-30-79)67(92)39-48-24-28-71(103-44-72(93)94)56(35-48)77(99)87-62(20-10-13-31-80)66(91)38-47-23-27-70(102-3)55(34-47)76(98)88-63(73(82)95)41-50-43-84-59-17-7-5-15-52(50)59/h4-7,14-17,21-28,32-35,42-43,57,60-63,83-84H,8-13,18-20,29-31,36-41,44,78-81H2,1-3H3,(H2,82,95)(H,85,96)(H,86,97)(H,87,99)(H,88,98)(H,93,94)/t57-,60-,61-,62-,63-/m0/s1. The van der Waals surface area contributed by atoms with E-state index in [2.05, 4.69) is 31.2 Å². The number of rotatable bonds is 43. The number of methoxy groups -OCH3 is 3. The van der Waals surface area contributed by atoms with E-state index in [9.17, 15) is 53.1 Å². The van der Waals surface area contributed by atoms with Crippen LogP contribution >= 0.6 is 0 Å². The summed E-state index contributed by atoms with van der Waals surface area (Å²) in [5.74, 6) is -6.33. The monoisotopic (exact) mass is 1410 g/mol. The first-order valence-electron chi connectivity index (χ1n) is 34.2. The van der Waals surface area contributed by atoms with E-state index in [1.54, 1.807) is 36.5 Å². The summed E-state index contributed by atoms with van der Waals surface area (Å²) in [6, 6.07) is 27.9. The van der Waals surface area contributed by atoms with Crippen molar-refractivity contribution < 1.29 is 72.0 Å². The number of carboxylic acid groups (broad SMARTS) is 1. The van der Waals surface area contributed by atoms with Gasteiger partial charge in [0, 0.05) is 66.3 Å². The number of primary amides is 1. The number of nitrogens with one attached hydrogen (secondary N) is 6. The summed E-state index contributed by atoms with van der Waals surface area (Å²) in [6.07, 6.45) is 6.26. The number of benzene rings is 6. The van der Waals surface area contributed by atoms with Crippen LogP contribution < -0.4 is 68.9 Å². The van der Waals surface area contributed by atoms with Gasteiger partial charge in [-0.15, -0.1) is 0 Å². The Kier molecular flexibility index (Phi) is 28.7. The van der Waals surface area contributed by atoms with Crippen molar-refractivity contribution in [3.05, 3.63) is 189 Å². The molecule has 0 aliphatic heterocycles. The fourth-order valence-electron chi connectivity index (χ4n) is 12.3. The van der Waals surface area contributed by atoms with E-state index in [-0.39, 0.29) is 121 Å². The van der Waals surface area contributed by atoms with E-state index in [4.69, 9.17) is 47.6 Å². The molecule has 5 atom stereocenters. The second-order valence-corrected chi connectivity index (χ2v) is 25.3. The number of aliphatic carboxylic acids is 1. The van der Waals surface area contributed by atoms with Gasteiger partial charge in [-0.25, -0.2) is 4.79 Å². The average Bonchev–Trinajstić information content (AvgIpc) is 1.22. The minimum Gasteiger partial charge on any atom is -0.496 e. The van der Waals surface area contributed by atoms with Crippen LogP contribution in [0.15, 0.2) is 134 Å². The number of hydrogen-bond donors (Lipinski definition) is 12. The first-order chi connectivity index (χ1) is 49.6. The van der Waals surface area contributed by atoms with Gasteiger partial charge in [0.25, 0.3) is 23.6 Å². The van der Waals surface area contributed by atoms with E-state index < -0.39 is 89.7 Å². The molecule has 8 aromatic rings. The number of carbonyl (C=O) groups is 10. The Bertz CT molecular complexity index is 4360. The van der Waals surface area contributed by atoms with Gasteiger partial charge in [0.15, 0.2) is 29.7 Å². The molecule has 0 spiro atoms. The number of fused-ring (bicyclic) bond motifs is 2. The van der Waals surface area contributed by atoms with Crippen LogP contribution in [-0.4, -0.2) is 151 Å². The van der Waals surface area contributed by atoms with Crippen LogP contribution in [0, 0.1) is 0 Å². The lowest BCUT2D eigenvalue weighted by molar-refractivity contribution is -0.139. The number of aromatic nitrogens is 2. The van der Waals surface area contributed by atoms with Crippen molar-refractivity contribution in [2.75, 3.05) is 47.6 Å². The van der Waals surface area contributed by atoms with Gasteiger partial charge in [-0.05, 0) is 178 Å². The van der Waals surface area contributed by atoms with E-state index >= 15 is 0 Å². The molecular formula is C77H91N11O15. The Morgan fingerprint density at radius 2 is 0.757 bits per heavy atom. The maximum absolute atomic E-state index is 14.6. The number of para-hydroxylation sites is 2. The summed E-state index contributed by atoms with van der Waals surface area (Å²) < 4.78 is 22.3. The molecule has 6 aromatic carbocycles. The van der Waals surface area contributed by atoms with Crippen molar-refractivity contribution in [2.45, 2.75) is 127 Å². The van der Waals surface area contributed by atoms with Crippen LogP contribution in [0.4, 0.5) is 0 Å². The Balaban J connectivity index is 0.961. The summed E-state index contributed by atoms with van der Waals surface area (Å²) in [5, 5.41) is 22.7. The van der Waals surface area contributed by atoms with Crippen LogP contribution in [0.5, 0.6) is 23.0 Å². The number of H-pyrrole nitrogens is 2. The lowest BCUT2D eigenvalue weighted by atomic mass is 9.95. The predicted molar refractivity (Wildman–Crippen MR) is 388 cm³/mol. The molecule has 0 aliphatic carbocycles. The molecule has 0 unspecified atom stereocenters. The number of unbranched alkanes of at least 4 members (excludes halogenated alkanes) is 3. The second-order valence-electron chi connectivity index (χ2n) is 25.3. The molecule has 0 aliphatic rings. The third kappa shape index (κ3) is 21.5. The Morgan fingerprint density at radius 1 is 0.427 bits per heavy atom. The van der Waals surface area contributed by atoms with Crippen LogP contribution in [0.25, 0.3) is 21.8 Å². The smallest absolute Gasteiger partial charge is 0.341 e. The number of nitrogens with two attached hydrogens (primary N) is 5. The molecule has 8 rings (SSSR count). The molecule has 26 heteroatoms. The first-order valence-corrected chi connectivity index (χ1v) is 34.2. The van der Waals surface area contributed by atoms with Crippen molar-refractivity contribution in [3.8, 4) is 23.0 Å². The number of carbonyl (C=O) groups excluding carboxylic acids is 9. The van der Waals surface area contributed by atoms with Gasteiger partial charge in [0.2, 0.25) is 5.91 Å². The summed E-state index contributed by atoms with van der Waals surface area (Å²) in [7, 11) is 4.12. The molecular weight excluding hydrogens is 1320 g/mol. The Labute approximate surface area is 596 Å². The number of amides is 5. The molecule has 0 radical (unpaired) electrons. The highest BCUT2D eigenvalue weighted by atomic mass is 16.5. The lowest BCUT2D eigenvalue weighted by Crippen LogP contribution is -2.46. The van der Waals surface area contributed by atoms with Crippen molar-refractivity contribution >= 4 is 80.4 Å². The first kappa shape index (κ1) is 77.7. The fraction of sp³-hybridized carbons (Fsp3) is 0.351. The van der Waals surface area contributed by atoms with Crippen molar-refractivity contribution in [1.29, 1.82) is 0 Å². The zero-order valence-electron chi connectivity index (χ0n) is 58.1. The molecule has 26 nitrogen and oxygen atoms in total. The molecule has 0 bridgehead atoms. The van der Waals surface area contributed by atoms with Crippen molar-refractivity contribution in [3.63, 3.8) is 0 Å². The van der Waals surface area contributed by atoms with E-state index in [1.807, 2.05) is 54.7 Å². The summed E-state index contributed by atoms with van der Waals surface area (Å²) >= 11 is 0. The van der Waals surface area contributed by atoms with E-state index in [0.29, 0.717) is 68.2 Å². The number of ketones is 4. The molecule has 0 saturated carbocycles. The number of hydrogen-bond acceptors (Lipinski definition) is 18. The highest BCUT2D eigenvalue weighted by molar-refractivity contribution is 6.04. The summed E-state index contributed by atoms with van der Waals surface area (Å²) in [6.45, 7) is 0.0497. The normalized spacial score (nSPS) is 12.7. The molecule has 2 heterocycles. The number of ether oxygens (including phenoxy) is 4. The molecule has 5 amide bonds. The minimum absolute atomic E-state index is 0.00576. The highest BCUT2D eigenvalue weighted by Gasteiger charge is 2.31. The van der Waals surface area contributed by atoms with E-state index in [1.165, 1.54) is 63.8 Å². The number of carboxylic acids is 1. The van der Waals surface area contributed by atoms with Gasteiger partial charge in [-0.3, -0.25) is 43.2 Å². The second kappa shape index (κ2) is 38.1. The maximum atomic E-state index is 14.6. The average molecular weight is 1410 g/mol. The van der Waals surface area contributed by atoms with Gasteiger partial charge < -0.3 is 84.0 Å². The Hall–Kier alpha value is -11.1. The highest BCUT2D eigenvalue weighted by Crippen LogP contribution is 2.29. The van der Waals surface area contributed by atoms with E-state index in [0.717, 1.165) is 32.9 Å². The topological polar surface area (TPSA) is 438 Å². The molecule has 0 fully saturated rings. The maximum Gasteiger partial charge on any atom is 0.341 e. The molecule has 544 valence electrons. The molecule has 0 saturated heterocycles. The SMILES string of the molecule is COc1ccc(CC(=O)[C@H](CCCCN)NC(=O)c2cc(CC(=O)[C@H](CCCCN)NC(=O)c3cc(CC(=O)[C@H](CCCCN)NC(=O)c4cc(CC(=O)[C@@H](N)Cc5c[nH]c6ccccc56)ccc4OC)ccc3OC)ccc2OCC(=O)O)cc1C(=O)N[C@@H](Cc1c[nH]c2ccccc12)C(N)=O. The molecule has 2 aromatic heterocycles. The van der Waals surface area contributed by atoms with Gasteiger partial charge in [0.1, 0.15) is 29.0 Å². The predicted octanol–water partition coefficient (Wildman–Crippen LogP) is 5.76. The van der Waals surface area contributed by atoms with Gasteiger partial charge in [-0.2, -0.15) is 0 Å². The molecule has 103 heavy (non-hydrogen) atoms. The zero-order chi connectivity index (χ0) is 74.1. The third-order valence-electron chi connectivity index (χ3n) is 17.9. The Morgan fingerprint density at radius 3 is 1.11 bits per heavy atom. The van der Waals surface area contributed by atoms with Crippen LogP contribution in [0.2, 0.25) is 0 Å². The summed E-state index contributed by atoms with van der Waals surface area (Å²) in [4.78, 5) is 145. The molecule has 17 N–H and O–H groups in total. The quantitative estimate of drug-likeness (QED) is 0.0202. The van der Waals surface area contributed by atoms with Crippen LogP contribution in [0.1, 0.15) is 133 Å². The van der Waals surface area contributed by atoms with Crippen molar-refractivity contribution in [1.82, 2.24) is 31.2 Å². The summed E-state index contributed by atoms with van der Waals surface area (Å²) in [5.41, 5.74) is 34.6. The lowest BCUT2D eigenvalue weighted by Gasteiger charge is -2.21. The number of Topliss-reactive ketones (excluding diaryl/α,β-unsaturated/α-hetero) is 4. The van der Waals surface area contributed by atoms with Crippen LogP contribution in [0.3, 0.4) is 0 Å². The van der Waals surface area contributed by atoms with Crippen LogP contribution in [-0.2, 0) is 67.3 Å². The largest absolute Gasteiger partial charge is 0.496 e. The third-order valence-corrected chi connectivity index (χ3v) is 17.9. The van der Waals surface area contributed by atoms with Crippen molar-refractivity contribution in [2.24, 2.45) is 28.7 Å². The fourth-order valence-corrected chi connectivity index (χ4v) is 12.3. The van der Waals surface area contributed by atoms with Gasteiger partial charge in [0.05, 0.1) is 67.8 Å². The zero-order valence-corrected chi connectivity index (χ0v) is 58.1. The van der Waals surface area contributed by atoms with Gasteiger partial charge in [-0.1, -0.05) is 60.7 Å².